The number of nitrogen functional groups attached to an aromatic ring is 1. The Morgan fingerprint density at radius 3 is 2.88 bits per heavy atom. The van der Waals surface area contributed by atoms with Gasteiger partial charge >= 0.3 is 5.97 Å². The molecule has 3 rings (SSSR count). The summed E-state index contributed by atoms with van der Waals surface area (Å²) < 4.78 is 13.1. The van der Waals surface area contributed by atoms with E-state index >= 15 is 0 Å². The second kappa shape index (κ2) is 6.63. The molecule has 0 bridgehead atoms. The molecular formula is C16H15FN4O3. The van der Waals surface area contributed by atoms with Gasteiger partial charge in [-0.3, -0.25) is 10.3 Å². The van der Waals surface area contributed by atoms with Gasteiger partial charge in [0.15, 0.2) is 6.61 Å². The van der Waals surface area contributed by atoms with Crippen molar-refractivity contribution in [3.63, 3.8) is 0 Å². The van der Waals surface area contributed by atoms with Crippen LogP contribution in [0.3, 0.4) is 0 Å². The van der Waals surface area contributed by atoms with Gasteiger partial charge in [0, 0.05) is 24.1 Å². The first-order chi connectivity index (χ1) is 11.5. The van der Waals surface area contributed by atoms with Crippen LogP contribution in [0.2, 0.25) is 0 Å². The van der Waals surface area contributed by atoms with Crippen LogP contribution in [-0.2, 0) is 16.1 Å². The minimum absolute atomic E-state index is 0.0803. The molecule has 1 aromatic heterocycles. The molecule has 0 fully saturated rings. The third-order valence-electron chi connectivity index (χ3n) is 3.63. The van der Waals surface area contributed by atoms with Gasteiger partial charge in [-0.1, -0.05) is 18.2 Å². The number of halogens is 1. The number of anilines is 1. The molecule has 1 aromatic carbocycles. The van der Waals surface area contributed by atoms with Crippen LogP contribution in [0, 0.1) is 5.82 Å². The fourth-order valence-electron chi connectivity index (χ4n) is 2.56. The lowest BCUT2D eigenvalue weighted by Crippen LogP contribution is -2.23. The molecule has 1 atom stereocenters. The van der Waals surface area contributed by atoms with Crippen molar-refractivity contribution in [1.29, 1.82) is 0 Å². The highest BCUT2D eigenvalue weighted by atomic mass is 19.1. The van der Waals surface area contributed by atoms with E-state index in [1.165, 1.54) is 12.1 Å². The van der Waals surface area contributed by atoms with Crippen LogP contribution in [0.15, 0.2) is 36.5 Å². The summed E-state index contributed by atoms with van der Waals surface area (Å²) in [5, 5.41) is 8.67. The molecule has 0 saturated carbocycles. The monoisotopic (exact) mass is 330 g/mol. The maximum Gasteiger partial charge on any atom is 0.332 e. The first-order valence-corrected chi connectivity index (χ1v) is 7.21. The van der Waals surface area contributed by atoms with E-state index in [2.05, 4.69) is 15.4 Å². The fraction of sp³-hybridized carbons (Fsp3) is 0.188. The summed E-state index contributed by atoms with van der Waals surface area (Å²) in [5.74, 6) is -1.33. The summed E-state index contributed by atoms with van der Waals surface area (Å²) in [6.45, 7) is -0.496. The zero-order valence-electron chi connectivity index (χ0n) is 12.6. The minimum Gasteiger partial charge on any atom is -0.479 e. The first-order valence-electron chi connectivity index (χ1n) is 7.21. The van der Waals surface area contributed by atoms with Crippen molar-refractivity contribution >= 4 is 17.6 Å². The normalized spacial score (nSPS) is 16.2. The van der Waals surface area contributed by atoms with Crippen LogP contribution < -0.4 is 11.2 Å². The molecule has 1 unspecified atom stereocenters. The number of carbonyl (C=O) groups is 1. The molecule has 1 aliphatic carbocycles. The van der Waals surface area contributed by atoms with Gasteiger partial charge in [0.2, 0.25) is 5.95 Å². The molecule has 8 heteroatoms. The summed E-state index contributed by atoms with van der Waals surface area (Å²) >= 11 is 0. The molecular weight excluding hydrogens is 315 g/mol. The van der Waals surface area contributed by atoms with E-state index in [-0.39, 0.29) is 17.7 Å². The first kappa shape index (κ1) is 15.9. The predicted octanol–water partition coefficient (Wildman–Crippen LogP) is 1.48. The number of nitrogens with zero attached hydrogens (tertiary/aromatic N) is 2. The topological polar surface area (TPSA) is 110 Å². The van der Waals surface area contributed by atoms with Crippen LogP contribution in [0.25, 0.3) is 5.70 Å². The number of benzene rings is 1. The average Bonchev–Trinajstić information content (AvgIpc) is 2.54. The minimum atomic E-state index is -1.09. The number of hydroxylamine groups is 1. The van der Waals surface area contributed by atoms with Crippen LogP contribution in [0.5, 0.6) is 0 Å². The number of fused-ring (bicyclic) bond motifs is 1. The van der Waals surface area contributed by atoms with Gasteiger partial charge in [0.25, 0.3) is 0 Å². The van der Waals surface area contributed by atoms with Gasteiger partial charge in [0.1, 0.15) is 5.82 Å². The lowest BCUT2D eigenvalue weighted by Gasteiger charge is -2.24. The van der Waals surface area contributed by atoms with Crippen molar-refractivity contribution in [2.45, 2.75) is 12.3 Å². The second-order valence-electron chi connectivity index (χ2n) is 5.32. The Hall–Kier alpha value is -3.00. The number of carboxylic acids is 1. The highest BCUT2D eigenvalue weighted by Gasteiger charge is 2.23. The number of allylic oxidation sites excluding steroid dienone is 1. The van der Waals surface area contributed by atoms with E-state index in [1.54, 1.807) is 18.3 Å². The third-order valence-corrected chi connectivity index (χ3v) is 3.63. The second-order valence-corrected chi connectivity index (χ2v) is 5.32. The molecule has 1 heterocycles. The molecule has 24 heavy (non-hydrogen) atoms. The molecule has 1 aliphatic rings. The summed E-state index contributed by atoms with van der Waals surface area (Å²) in [5.41, 5.74) is 11.1. The van der Waals surface area contributed by atoms with Crippen LogP contribution in [-0.4, -0.2) is 27.7 Å². The Labute approximate surface area is 137 Å². The van der Waals surface area contributed by atoms with Crippen molar-refractivity contribution in [2.24, 2.45) is 0 Å². The van der Waals surface area contributed by atoms with E-state index in [9.17, 15) is 9.18 Å². The SMILES string of the molecule is Nc1ncc2c(n1)CC(c1ccc(F)cc1)C=C2NOCC(=O)O. The van der Waals surface area contributed by atoms with Gasteiger partial charge < -0.3 is 10.8 Å². The summed E-state index contributed by atoms with van der Waals surface area (Å²) in [7, 11) is 0. The number of carboxylic acid groups (broad SMARTS) is 1. The Balaban J connectivity index is 1.91. The maximum absolute atomic E-state index is 13.1. The highest BCUT2D eigenvalue weighted by molar-refractivity contribution is 5.70. The molecule has 2 aromatic rings. The summed E-state index contributed by atoms with van der Waals surface area (Å²) in [6, 6.07) is 6.17. The van der Waals surface area contributed by atoms with Crippen LogP contribution in [0.1, 0.15) is 22.7 Å². The number of rotatable bonds is 5. The number of nitrogens with two attached hydrogens (primary N) is 1. The van der Waals surface area contributed by atoms with E-state index in [1.807, 2.05) is 6.08 Å². The largest absolute Gasteiger partial charge is 0.479 e. The van der Waals surface area contributed by atoms with Gasteiger partial charge in [-0.25, -0.2) is 19.2 Å². The number of hydrogen-bond donors (Lipinski definition) is 3. The van der Waals surface area contributed by atoms with Crippen LogP contribution in [0.4, 0.5) is 10.3 Å². The summed E-state index contributed by atoms with van der Waals surface area (Å²) in [4.78, 5) is 23.7. The van der Waals surface area contributed by atoms with Crippen molar-refractivity contribution in [2.75, 3.05) is 12.3 Å². The van der Waals surface area contributed by atoms with E-state index in [0.29, 0.717) is 23.4 Å². The van der Waals surface area contributed by atoms with E-state index in [4.69, 9.17) is 15.7 Å². The zero-order chi connectivity index (χ0) is 17.1. The van der Waals surface area contributed by atoms with Crippen LogP contribution >= 0.6 is 0 Å². The van der Waals surface area contributed by atoms with Crippen molar-refractivity contribution in [3.8, 4) is 0 Å². The number of hydrogen-bond acceptors (Lipinski definition) is 6. The third kappa shape index (κ3) is 3.49. The Kier molecular flexibility index (Phi) is 4.39. The smallest absolute Gasteiger partial charge is 0.332 e. The Morgan fingerprint density at radius 2 is 2.17 bits per heavy atom. The molecule has 0 spiro atoms. The Bertz CT molecular complexity index is 792. The van der Waals surface area contributed by atoms with E-state index < -0.39 is 12.6 Å². The number of aliphatic carboxylic acids is 1. The maximum atomic E-state index is 13.1. The highest BCUT2D eigenvalue weighted by Crippen LogP contribution is 2.32. The molecule has 0 radical (unpaired) electrons. The molecule has 0 amide bonds. The van der Waals surface area contributed by atoms with Crippen molar-refractivity contribution in [3.05, 3.63) is 59.2 Å². The lowest BCUT2D eigenvalue weighted by atomic mass is 9.87. The molecule has 0 saturated heterocycles. The standard InChI is InChI=1S/C16H15FN4O3/c17-11-3-1-9(2-4-11)10-5-13-12(7-19-16(18)20-13)14(6-10)21-24-8-15(22)23/h1-4,6-7,10,21H,5,8H2,(H,22,23)(H2,18,19,20). The summed E-state index contributed by atoms with van der Waals surface area (Å²) in [6.07, 6.45) is 4.00. The molecule has 0 aliphatic heterocycles. The van der Waals surface area contributed by atoms with Gasteiger partial charge in [-0.15, -0.1) is 0 Å². The van der Waals surface area contributed by atoms with Crippen molar-refractivity contribution < 1.29 is 19.1 Å². The zero-order valence-corrected chi connectivity index (χ0v) is 12.6. The predicted molar refractivity (Wildman–Crippen MR) is 84.0 cm³/mol. The lowest BCUT2D eigenvalue weighted by molar-refractivity contribution is -0.143. The average molecular weight is 330 g/mol. The molecule has 7 nitrogen and oxygen atoms in total. The van der Waals surface area contributed by atoms with E-state index in [0.717, 1.165) is 5.56 Å². The van der Waals surface area contributed by atoms with Gasteiger partial charge in [0.05, 0.1) is 11.4 Å². The van der Waals surface area contributed by atoms with Crippen molar-refractivity contribution in [1.82, 2.24) is 15.4 Å². The fourth-order valence-corrected chi connectivity index (χ4v) is 2.56. The number of aromatic nitrogens is 2. The van der Waals surface area contributed by atoms with Gasteiger partial charge in [-0.05, 0) is 17.7 Å². The quantitative estimate of drug-likeness (QED) is 0.712. The molecule has 4 N–H and O–H groups in total. The Morgan fingerprint density at radius 1 is 1.42 bits per heavy atom. The number of nitrogens with one attached hydrogen (secondary N) is 1. The van der Waals surface area contributed by atoms with Gasteiger partial charge in [-0.2, -0.15) is 0 Å². The molecule has 124 valence electrons.